The van der Waals surface area contributed by atoms with Crippen LogP contribution in [0, 0.1) is 6.92 Å². The van der Waals surface area contributed by atoms with Crippen LogP contribution in [0.3, 0.4) is 0 Å². The van der Waals surface area contributed by atoms with E-state index in [2.05, 4.69) is 19.1 Å². The molecule has 1 rings (SSSR count). The van der Waals surface area contributed by atoms with Crippen LogP contribution in [0.25, 0.3) is 0 Å². The van der Waals surface area contributed by atoms with Gasteiger partial charge < -0.3 is 10.8 Å². The summed E-state index contributed by atoms with van der Waals surface area (Å²) in [6.07, 6.45) is 0.722. The van der Waals surface area contributed by atoms with Gasteiger partial charge in [0.1, 0.15) is 0 Å². The molecule has 68 valence electrons. The van der Waals surface area contributed by atoms with Gasteiger partial charge in [0.2, 0.25) is 0 Å². The molecule has 0 bridgehead atoms. The zero-order valence-electron chi connectivity index (χ0n) is 7.53. The van der Waals surface area contributed by atoms with Gasteiger partial charge in [0.15, 0.2) is 0 Å². The first-order valence-electron chi connectivity index (χ1n) is 4.14. The molecule has 0 saturated heterocycles. The predicted molar refractivity (Wildman–Crippen MR) is 51.9 cm³/mol. The fourth-order valence-electron chi connectivity index (χ4n) is 0.626. The number of rotatable bonds is 2. The Kier molecular flexibility index (Phi) is 7.65. The molecule has 0 spiro atoms. The van der Waals surface area contributed by atoms with Crippen molar-refractivity contribution in [1.29, 1.82) is 0 Å². The lowest BCUT2D eigenvalue weighted by atomic mass is 10.2. The molecular formula is C10H17NO. The molecule has 0 unspecified atom stereocenters. The fourth-order valence-corrected chi connectivity index (χ4v) is 0.626. The third kappa shape index (κ3) is 7.25. The van der Waals surface area contributed by atoms with E-state index in [1.807, 2.05) is 18.2 Å². The van der Waals surface area contributed by atoms with Crippen molar-refractivity contribution >= 4 is 0 Å². The predicted octanol–water partition coefficient (Wildman–Crippen LogP) is 1.32. The minimum atomic E-state index is 0.219. The molecule has 1 aromatic carbocycles. The monoisotopic (exact) mass is 167 g/mol. The van der Waals surface area contributed by atoms with Gasteiger partial charge in [0.05, 0.1) is 0 Å². The maximum atomic E-state index is 7.99. The van der Waals surface area contributed by atoms with Crippen LogP contribution < -0.4 is 5.73 Å². The highest BCUT2D eigenvalue weighted by Crippen LogP contribution is 1.92. The van der Waals surface area contributed by atoms with Crippen molar-refractivity contribution in [2.45, 2.75) is 13.3 Å². The first-order chi connectivity index (χ1) is 5.81. The number of hydrogen-bond donors (Lipinski definition) is 2. The lowest BCUT2D eigenvalue weighted by molar-refractivity contribution is 0.291. The Bertz CT molecular complexity index is 172. The average molecular weight is 167 g/mol. The van der Waals surface area contributed by atoms with E-state index in [0.29, 0.717) is 6.54 Å². The van der Waals surface area contributed by atoms with E-state index in [1.165, 1.54) is 5.56 Å². The Balaban J connectivity index is 0.000000217. The molecule has 0 aliphatic carbocycles. The molecule has 0 atom stereocenters. The van der Waals surface area contributed by atoms with Gasteiger partial charge in [-0.3, -0.25) is 0 Å². The molecule has 0 aromatic heterocycles. The van der Waals surface area contributed by atoms with Crippen LogP contribution >= 0.6 is 0 Å². The maximum Gasteiger partial charge on any atom is 0.0443 e. The van der Waals surface area contributed by atoms with Gasteiger partial charge in [0, 0.05) is 6.61 Å². The number of nitrogens with two attached hydrogens (primary N) is 1. The van der Waals surface area contributed by atoms with E-state index >= 15 is 0 Å². The molecule has 0 aliphatic heterocycles. The third-order valence-corrected chi connectivity index (χ3v) is 1.30. The van der Waals surface area contributed by atoms with Crippen molar-refractivity contribution in [1.82, 2.24) is 0 Å². The van der Waals surface area contributed by atoms with Gasteiger partial charge in [-0.2, -0.15) is 0 Å². The van der Waals surface area contributed by atoms with Crippen molar-refractivity contribution in [3.05, 3.63) is 35.9 Å². The van der Waals surface area contributed by atoms with E-state index in [1.54, 1.807) is 0 Å². The van der Waals surface area contributed by atoms with E-state index in [4.69, 9.17) is 10.8 Å². The summed E-state index contributed by atoms with van der Waals surface area (Å²) in [4.78, 5) is 0. The summed E-state index contributed by atoms with van der Waals surface area (Å²) in [5.41, 5.74) is 6.30. The maximum absolute atomic E-state index is 7.99. The summed E-state index contributed by atoms with van der Waals surface area (Å²) in [5, 5.41) is 7.99. The molecule has 0 fully saturated rings. The molecule has 0 radical (unpaired) electrons. The minimum absolute atomic E-state index is 0.219. The summed E-state index contributed by atoms with van der Waals surface area (Å²) in [6, 6.07) is 10.3. The molecular weight excluding hydrogens is 150 g/mol. The fraction of sp³-hybridized carbons (Fsp3) is 0.400. The van der Waals surface area contributed by atoms with Crippen molar-refractivity contribution in [2.75, 3.05) is 13.2 Å². The number of aryl methyl sites for hydroxylation is 1. The zero-order valence-corrected chi connectivity index (χ0v) is 7.53. The molecule has 1 aromatic rings. The Labute approximate surface area is 74.0 Å². The van der Waals surface area contributed by atoms with Crippen molar-refractivity contribution in [2.24, 2.45) is 5.73 Å². The normalized spacial score (nSPS) is 8.58. The van der Waals surface area contributed by atoms with E-state index < -0.39 is 0 Å². The zero-order chi connectivity index (χ0) is 9.23. The Morgan fingerprint density at radius 1 is 1.25 bits per heavy atom. The summed E-state index contributed by atoms with van der Waals surface area (Å²) in [5.74, 6) is 0. The van der Waals surface area contributed by atoms with Gasteiger partial charge in [-0.05, 0) is 19.9 Å². The molecule has 0 aliphatic rings. The van der Waals surface area contributed by atoms with Gasteiger partial charge in [-0.25, -0.2) is 0 Å². The van der Waals surface area contributed by atoms with Gasteiger partial charge in [-0.15, -0.1) is 0 Å². The standard InChI is InChI=1S/C7H8.C3H9NO/c1-7-5-3-2-4-6-7;4-2-1-3-5/h2-6H,1H3;5H,1-4H2. The van der Waals surface area contributed by atoms with Crippen LogP contribution in [-0.2, 0) is 0 Å². The number of benzene rings is 1. The van der Waals surface area contributed by atoms with Crippen LogP contribution in [0.1, 0.15) is 12.0 Å². The number of hydrogen-bond acceptors (Lipinski definition) is 2. The molecule has 2 heteroatoms. The summed E-state index contributed by atoms with van der Waals surface area (Å²) < 4.78 is 0. The third-order valence-electron chi connectivity index (χ3n) is 1.30. The van der Waals surface area contributed by atoms with Gasteiger partial charge >= 0.3 is 0 Å². The Hall–Kier alpha value is -0.860. The lowest BCUT2D eigenvalue weighted by Crippen LogP contribution is -1.99. The van der Waals surface area contributed by atoms with E-state index in [0.717, 1.165) is 6.42 Å². The number of aliphatic hydroxyl groups is 1. The van der Waals surface area contributed by atoms with E-state index in [9.17, 15) is 0 Å². The highest BCUT2D eigenvalue weighted by molar-refractivity contribution is 5.11. The largest absolute Gasteiger partial charge is 0.396 e. The number of aliphatic hydroxyl groups excluding tert-OH is 1. The average Bonchev–Trinajstić information content (AvgIpc) is 2.08. The lowest BCUT2D eigenvalue weighted by Gasteiger charge is -1.82. The van der Waals surface area contributed by atoms with E-state index in [-0.39, 0.29) is 6.61 Å². The van der Waals surface area contributed by atoms with Crippen LogP contribution in [0.5, 0.6) is 0 Å². The van der Waals surface area contributed by atoms with Crippen molar-refractivity contribution < 1.29 is 5.11 Å². The topological polar surface area (TPSA) is 46.2 Å². The van der Waals surface area contributed by atoms with Crippen LogP contribution in [0.4, 0.5) is 0 Å². The second-order valence-electron chi connectivity index (χ2n) is 2.52. The summed E-state index contributed by atoms with van der Waals surface area (Å²) >= 11 is 0. The Morgan fingerprint density at radius 2 is 1.83 bits per heavy atom. The molecule has 2 nitrogen and oxygen atoms in total. The van der Waals surface area contributed by atoms with Gasteiger partial charge in [-0.1, -0.05) is 35.9 Å². The summed E-state index contributed by atoms with van der Waals surface area (Å²) in [7, 11) is 0. The summed E-state index contributed by atoms with van der Waals surface area (Å²) in [6.45, 7) is 2.90. The Morgan fingerprint density at radius 3 is 2.00 bits per heavy atom. The molecule has 0 amide bonds. The first kappa shape index (κ1) is 11.1. The minimum Gasteiger partial charge on any atom is -0.396 e. The van der Waals surface area contributed by atoms with Crippen LogP contribution in [0.2, 0.25) is 0 Å². The highest BCUT2D eigenvalue weighted by Gasteiger charge is 1.72. The van der Waals surface area contributed by atoms with Crippen molar-refractivity contribution in [3.8, 4) is 0 Å². The second kappa shape index (κ2) is 8.24. The molecule has 0 saturated carbocycles. The van der Waals surface area contributed by atoms with Crippen molar-refractivity contribution in [3.63, 3.8) is 0 Å². The van der Waals surface area contributed by atoms with Crippen LogP contribution in [-0.4, -0.2) is 18.3 Å². The SMILES string of the molecule is Cc1ccccc1.NCCCO. The first-order valence-corrected chi connectivity index (χ1v) is 4.14. The van der Waals surface area contributed by atoms with Crippen LogP contribution in [0.15, 0.2) is 30.3 Å². The second-order valence-corrected chi connectivity index (χ2v) is 2.52. The molecule has 0 heterocycles. The smallest absolute Gasteiger partial charge is 0.0443 e. The quantitative estimate of drug-likeness (QED) is 0.698. The molecule has 3 N–H and O–H groups in total. The molecule has 12 heavy (non-hydrogen) atoms. The van der Waals surface area contributed by atoms with Gasteiger partial charge in [0.25, 0.3) is 0 Å². The highest BCUT2D eigenvalue weighted by atomic mass is 16.2.